The van der Waals surface area contributed by atoms with Gasteiger partial charge >= 0.3 is 0 Å². The van der Waals surface area contributed by atoms with Gasteiger partial charge in [0.25, 0.3) is 0 Å². The predicted molar refractivity (Wildman–Crippen MR) is 74.3 cm³/mol. The lowest BCUT2D eigenvalue weighted by atomic mass is 10.1. The van der Waals surface area contributed by atoms with Gasteiger partial charge in [-0.3, -0.25) is 0 Å². The Morgan fingerprint density at radius 3 is 2.72 bits per heavy atom. The summed E-state index contributed by atoms with van der Waals surface area (Å²) in [6.45, 7) is 0.861. The number of thioether (sulfide) groups is 1. The van der Waals surface area contributed by atoms with Gasteiger partial charge in [0.15, 0.2) is 0 Å². The first kappa shape index (κ1) is 13.2. The highest BCUT2D eigenvalue weighted by atomic mass is 32.2. The number of rotatable bonds is 4. The molecule has 1 fully saturated rings. The van der Waals surface area contributed by atoms with Crippen LogP contribution in [0.15, 0.2) is 18.2 Å². The second-order valence-electron chi connectivity index (χ2n) is 4.75. The molecule has 1 aliphatic carbocycles. The van der Waals surface area contributed by atoms with E-state index in [0.717, 1.165) is 12.2 Å². The average molecular weight is 264 g/mol. The maximum Gasteiger partial charge on any atom is 0.143 e. The van der Waals surface area contributed by atoms with Crippen LogP contribution in [0.3, 0.4) is 0 Å². The van der Waals surface area contributed by atoms with Crippen LogP contribution >= 0.6 is 11.8 Å². The molecule has 0 heterocycles. The first-order valence-electron chi connectivity index (χ1n) is 6.18. The van der Waals surface area contributed by atoms with Crippen molar-refractivity contribution in [3.8, 4) is 6.07 Å². The molecule has 0 aliphatic heterocycles. The Morgan fingerprint density at radius 2 is 2.17 bits per heavy atom. The van der Waals surface area contributed by atoms with Crippen LogP contribution in [0.5, 0.6) is 0 Å². The molecule has 0 amide bonds. The van der Waals surface area contributed by atoms with Crippen molar-refractivity contribution in [2.24, 2.45) is 0 Å². The van der Waals surface area contributed by atoms with E-state index < -0.39 is 5.82 Å². The van der Waals surface area contributed by atoms with Crippen molar-refractivity contribution in [2.75, 3.05) is 18.1 Å². The third-order valence-corrected chi connectivity index (χ3v) is 5.07. The first-order chi connectivity index (χ1) is 8.69. The molecule has 0 spiro atoms. The standard InChI is InChI=1S/C14H17FN2S/c1-18-14(6-2-3-7-14)10-17-12-5-4-11(9-16)13(15)8-12/h4-5,8,17H,2-3,6-7,10H2,1H3. The van der Waals surface area contributed by atoms with Gasteiger partial charge in [-0.15, -0.1) is 0 Å². The number of nitrogens with one attached hydrogen (secondary N) is 1. The van der Waals surface area contributed by atoms with Crippen molar-refractivity contribution in [2.45, 2.75) is 30.4 Å². The van der Waals surface area contributed by atoms with E-state index in [-0.39, 0.29) is 5.56 Å². The fraction of sp³-hybridized carbons (Fsp3) is 0.500. The first-order valence-corrected chi connectivity index (χ1v) is 7.40. The topological polar surface area (TPSA) is 35.8 Å². The number of nitrogens with zero attached hydrogens (tertiary/aromatic N) is 1. The van der Waals surface area contributed by atoms with E-state index in [1.807, 2.05) is 17.8 Å². The summed E-state index contributed by atoms with van der Waals surface area (Å²) in [5.41, 5.74) is 0.854. The summed E-state index contributed by atoms with van der Waals surface area (Å²) in [6, 6.07) is 6.53. The minimum Gasteiger partial charge on any atom is -0.384 e. The lowest BCUT2D eigenvalue weighted by Gasteiger charge is -2.27. The third-order valence-electron chi connectivity index (χ3n) is 3.65. The van der Waals surface area contributed by atoms with Gasteiger partial charge in [0.05, 0.1) is 5.56 Å². The van der Waals surface area contributed by atoms with Crippen molar-refractivity contribution in [3.63, 3.8) is 0 Å². The summed E-state index contributed by atoms with van der Waals surface area (Å²) in [6.07, 6.45) is 7.15. The number of halogens is 1. The summed E-state index contributed by atoms with van der Waals surface area (Å²) in [5, 5.41) is 12.0. The Morgan fingerprint density at radius 1 is 1.44 bits per heavy atom. The second-order valence-corrected chi connectivity index (χ2v) is 6.03. The van der Waals surface area contributed by atoms with E-state index in [4.69, 9.17) is 5.26 Å². The van der Waals surface area contributed by atoms with Gasteiger partial charge in [-0.05, 0) is 37.3 Å². The molecule has 1 N–H and O–H groups in total. The van der Waals surface area contributed by atoms with E-state index in [9.17, 15) is 4.39 Å². The van der Waals surface area contributed by atoms with Crippen LogP contribution < -0.4 is 5.32 Å². The molecule has 1 aromatic rings. The molecular weight excluding hydrogens is 247 g/mol. The average Bonchev–Trinajstić information content (AvgIpc) is 2.86. The molecule has 0 aromatic heterocycles. The normalized spacial score (nSPS) is 17.4. The van der Waals surface area contributed by atoms with Gasteiger partial charge in [0.1, 0.15) is 11.9 Å². The highest BCUT2D eigenvalue weighted by Gasteiger charge is 2.32. The molecule has 4 heteroatoms. The summed E-state index contributed by atoms with van der Waals surface area (Å²) in [7, 11) is 0. The van der Waals surface area contributed by atoms with Gasteiger partial charge in [0, 0.05) is 17.0 Å². The third kappa shape index (κ3) is 2.78. The number of hydrogen-bond acceptors (Lipinski definition) is 3. The summed E-state index contributed by atoms with van der Waals surface area (Å²) in [4.78, 5) is 0. The van der Waals surface area contributed by atoms with Crippen molar-refractivity contribution < 1.29 is 4.39 Å². The lowest BCUT2D eigenvalue weighted by Crippen LogP contribution is -2.30. The molecule has 96 valence electrons. The van der Waals surface area contributed by atoms with Gasteiger partial charge in [-0.25, -0.2) is 4.39 Å². The van der Waals surface area contributed by atoms with E-state index in [2.05, 4.69) is 11.6 Å². The Bertz CT molecular complexity index is 461. The minimum absolute atomic E-state index is 0.0981. The monoisotopic (exact) mass is 264 g/mol. The predicted octanol–water partition coefficient (Wildman–Crippen LogP) is 3.79. The molecule has 1 aromatic carbocycles. The number of nitriles is 1. The summed E-state index contributed by atoms with van der Waals surface area (Å²) >= 11 is 1.90. The Labute approximate surface area is 112 Å². The van der Waals surface area contributed by atoms with Crippen LogP contribution in [0.1, 0.15) is 31.2 Å². The maximum atomic E-state index is 13.5. The van der Waals surface area contributed by atoms with Gasteiger partial charge in [0.2, 0.25) is 0 Å². The lowest BCUT2D eigenvalue weighted by molar-refractivity contribution is 0.621. The molecule has 0 radical (unpaired) electrons. The van der Waals surface area contributed by atoms with Gasteiger partial charge in [-0.1, -0.05) is 12.8 Å². The SMILES string of the molecule is CSC1(CNc2ccc(C#N)c(F)c2)CCCC1. The Hall–Kier alpha value is -1.21. The summed E-state index contributed by atoms with van der Waals surface area (Å²) in [5.74, 6) is -0.452. The zero-order chi connectivity index (χ0) is 13.0. The van der Waals surface area contributed by atoms with Gasteiger partial charge < -0.3 is 5.32 Å². The van der Waals surface area contributed by atoms with Crippen LogP contribution in [0.4, 0.5) is 10.1 Å². The van der Waals surface area contributed by atoms with Crippen molar-refractivity contribution in [3.05, 3.63) is 29.6 Å². The molecule has 2 rings (SSSR count). The van der Waals surface area contributed by atoms with Crippen molar-refractivity contribution in [1.29, 1.82) is 5.26 Å². The number of anilines is 1. The zero-order valence-electron chi connectivity index (χ0n) is 10.5. The van der Waals surface area contributed by atoms with Crippen LogP contribution in [0.25, 0.3) is 0 Å². The molecule has 0 unspecified atom stereocenters. The molecule has 0 saturated heterocycles. The van der Waals surface area contributed by atoms with Crippen LogP contribution in [0.2, 0.25) is 0 Å². The van der Waals surface area contributed by atoms with E-state index in [0.29, 0.717) is 4.75 Å². The van der Waals surface area contributed by atoms with Crippen LogP contribution in [-0.4, -0.2) is 17.5 Å². The minimum atomic E-state index is -0.452. The van der Waals surface area contributed by atoms with E-state index >= 15 is 0 Å². The maximum absolute atomic E-state index is 13.5. The van der Waals surface area contributed by atoms with E-state index in [1.54, 1.807) is 6.07 Å². The van der Waals surface area contributed by atoms with Crippen LogP contribution in [-0.2, 0) is 0 Å². The molecule has 1 saturated carbocycles. The molecule has 2 nitrogen and oxygen atoms in total. The van der Waals surface area contributed by atoms with Gasteiger partial charge in [-0.2, -0.15) is 17.0 Å². The molecule has 18 heavy (non-hydrogen) atoms. The van der Waals surface area contributed by atoms with Crippen molar-refractivity contribution >= 4 is 17.4 Å². The highest BCUT2D eigenvalue weighted by Crippen LogP contribution is 2.40. The van der Waals surface area contributed by atoms with Crippen molar-refractivity contribution in [1.82, 2.24) is 0 Å². The van der Waals surface area contributed by atoms with E-state index in [1.165, 1.54) is 37.8 Å². The fourth-order valence-electron chi connectivity index (χ4n) is 2.45. The number of hydrogen-bond donors (Lipinski definition) is 1. The smallest absolute Gasteiger partial charge is 0.143 e. The number of benzene rings is 1. The molecule has 0 bridgehead atoms. The fourth-order valence-corrected chi connectivity index (χ4v) is 3.36. The Kier molecular flexibility index (Phi) is 4.13. The quantitative estimate of drug-likeness (QED) is 0.899. The Balaban J connectivity index is 2.02. The zero-order valence-corrected chi connectivity index (χ0v) is 11.3. The molecule has 0 atom stereocenters. The highest BCUT2D eigenvalue weighted by molar-refractivity contribution is 8.00. The largest absolute Gasteiger partial charge is 0.384 e. The molecular formula is C14H17FN2S. The van der Waals surface area contributed by atoms with Crippen LogP contribution in [0, 0.1) is 17.1 Å². The second kappa shape index (κ2) is 5.62. The summed E-state index contributed by atoms with van der Waals surface area (Å²) < 4.78 is 13.8. The molecule has 1 aliphatic rings.